The van der Waals surface area contributed by atoms with Crippen molar-refractivity contribution in [1.29, 1.82) is 0 Å². The topological polar surface area (TPSA) is 73.6 Å². The van der Waals surface area contributed by atoms with Crippen molar-refractivity contribution in [3.8, 4) is 11.4 Å². The zero-order chi connectivity index (χ0) is 16.0. The molecule has 2 heterocycles. The summed E-state index contributed by atoms with van der Waals surface area (Å²) in [4.78, 5) is 15.5. The lowest BCUT2D eigenvalue weighted by atomic mass is 9.94. The molecule has 0 saturated carbocycles. The molecule has 5 heteroatoms. The van der Waals surface area contributed by atoms with Crippen LogP contribution in [0.2, 0.25) is 0 Å². The number of nitrogens with one attached hydrogen (secondary N) is 3. The molecular formula is C18H20N4O. The summed E-state index contributed by atoms with van der Waals surface area (Å²) in [6.07, 6.45) is 4.43. The van der Waals surface area contributed by atoms with E-state index in [0.29, 0.717) is 12.3 Å². The minimum atomic E-state index is 0.0691. The zero-order valence-corrected chi connectivity index (χ0v) is 13.4. The van der Waals surface area contributed by atoms with E-state index in [1.807, 2.05) is 32.2 Å². The van der Waals surface area contributed by atoms with E-state index in [9.17, 15) is 4.79 Å². The van der Waals surface area contributed by atoms with Gasteiger partial charge < -0.3 is 10.3 Å². The Morgan fingerprint density at radius 3 is 3.00 bits per heavy atom. The number of carbonyl (C=O) groups is 1. The average Bonchev–Trinajstić information content (AvgIpc) is 3.09. The summed E-state index contributed by atoms with van der Waals surface area (Å²) in [7, 11) is 0. The van der Waals surface area contributed by atoms with Crippen LogP contribution < -0.4 is 5.32 Å². The summed E-state index contributed by atoms with van der Waals surface area (Å²) in [5.74, 6) is 0.428. The number of H-pyrrole nitrogens is 2. The molecule has 0 radical (unpaired) electrons. The lowest BCUT2D eigenvalue weighted by molar-refractivity contribution is -0.116. The molecule has 0 atom stereocenters. The number of carbonyl (C=O) groups excluding carboxylic acids is 1. The van der Waals surface area contributed by atoms with Crippen LogP contribution in [-0.2, 0) is 17.6 Å². The number of aryl methyl sites for hydroxylation is 2. The number of rotatable bonds is 3. The minimum absolute atomic E-state index is 0.0691. The normalized spacial score (nSPS) is 13.2. The number of anilines is 1. The van der Waals surface area contributed by atoms with Crippen molar-refractivity contribution in [2.45, 2.75) is 33.1 Å². The standard InChI is InChI=1S/C18H20N4O/c1-10(2)7-16(23)20-12-4-6-15-14(8-12)13-5-3-11-9-19-22-17(11)18(13)21-15/h4,6,8-10,21H,3,5,7H2,1-2H3,(H,19,22)(H,20,23). The summed E-state index contributed by atoms with van der Waals surface area (Å²) in [5.41, 5.74) is 6.74. The maximum Gasteiger partial charge on any atom is 0.224 e. The van der Waals surface area contributed by atoms with Gasteiger partial charge in [0.1, 0.15) is 0 Å². The first kappa shape index (κ1) is 14.1. The Hall–Kier alpha value is -2.56. The van der Waals surface area contributed by atoms with Gasteiger partial charge >= 0.3 is 0 Å². The first-order chi connectivity index (χ1) is 11.1. The maximum absolute atomic E-state index is 12.0. The third-order valence-electron chi connectivity index (χ3n) is 4.40. The SMILES string of the molecule is CC(C)CC(=O)Nc1ccc2[nH]c3c(c2c1)CCc1cn[nH]c1-3. The smallest absolute Gasteiger partial charge is 0.224 e. The summed E-state index contributed by atoms with van der Waals surface area (Å²) in [6, 6.07) is 6.06. The summed E-state index contributed by atoms with van der Waals surface area (Å²) >= 11 is 0. The van der Waals surface area contributed by atoms with Crippen molar-refractivity contribution >= 4 is 22.5 Å². The lowest BCUT2D eigenvalue weighted by Gasteiger charge is -2.11. The highest BCUT2D eigenvalue weighted by Crippen LogP contribution is 2.37. The van der Waals surface area contributed by atoms with E-state index in [-0.39, 0.29) is 5.91 Å². The van der Waals surface area contributed by atoms with Crippen LogP contribution in [0.3, 0.4) is 0 Å². The molecule has 1 aliphatic rings. The molecule has 0 unspecified atom stereocenters. The maximum atomic E-state index is 12.0. The number of aromatic nitrogens is 3. The van der Waals surface area contributed by atoms with Crippen LogP contribution in [0, 0.1) is 5.92 Å². The summed E-state index contributed by atoms with van der Waals surface area (Å²) in [5, 5.41) is 11.4. The van der Waals surface area contributed by atoms with Crippen LogP contribution in [0.4, 0.5) is 5.69 Å². The van der Waals surface area contributed by atoms with Crippen molar-refractivity contribution in [1.82, 2.24) is 15.2 Å². The molecule has 0 aliphatic heterocycles. The predicted octanol–water partition coefficient (Wildman–Crippen LogP) is 3.64. The van der Waals surface area contributed by atoms with E-state index >= 15 is 0 Å². The van der Waals surface area contributed by atoms with Crippen LogP contribution in [0.1, 0.15) is 31.4 Å². The molecule has 4 rings (SSSR count). The average molecular weight is 308 g/mol. The second-order valence-electron chi connectivity index (χ2n) is 6.66. The number of fused-ring (bicyclic) bond motifs is 5. The van der Waals surface area contributed by atoms with Gasteiger partial charge in [-0.05, 0) is 48.1 Å². The van der Waals surface area contributed by atoms with E-state index in [1.165, 1.54) is 16.5 Å². The van der Waals surface area contributed by atoms with Gasteiger partial charge in [0.05, 0.1) is 17.6 Å². The molecule has 118 valence electrons. The first-order valence-corrected chi connectivity index (χ1v) is 8.09. The fourth-order valence-corrected chi connectivity index (χ4v) is 3.36. The number of hydrogen-bond donors (Lipinski definition) is 3. The quantitative estimate of drug-likeness (QED) is 0.691. The highest BCUT2D eigenvalue weighted by molar-refractivity contribution is 5.97. The number of nitrogens with zero attached hydrogens (tertiary/aromatic N) is 1. The van der Waals surface area contributed by atoms with E-state index in [4.69, 9.17) is 0 Å². The van der Waals surface area contributed by atoms with Crippen molar-refractivity contribution in [3.05, 3.63) is 35.5 Å². The number of hydrogen-bond acceptors (Lipinski definition) is 2. The van der Waals surface area contributed by atoms with Crippen molar-refractivity contribution < 1.29 is 4.79 Å². The van der Waals surface area contributed by atoms with Gasteiger partial charge in [0.15, 0.2) is 0 Å². The molecule has 3 N–H and O–H groups in total. The molecule has 1 amide bonds. The van der Waals surface area contributed by atoms with E-state index < -0.39 is 0 Å². The molecule has 0 fully saturated rings. The van der Waals surface area contributed by atoms with Gasteiger partial charge in [0.25, 0.3) is 0 Å². The molecule has 5 nitrogen and oxygen atoms in total. The first-order valence-electron chi connectivity index (χ1n) is 8.09. The van der Waals surface area contributed by atoms with Gasteiger partial charge in [-0.3, -0.25) is 9.89 Å². The number of aromatic amines is 2. The Morgan fingerprint density at radius 2 is 2.17 bits per heavy atom. The highest BCUT2D eigenvalue weighted by atomic mass is 16.1. The highest BCUT2D eigenvalue weighted by Gasteiger charge is 2.22. The molecule has 23 heavy (non-hydrogen) atoms. The van der Waals surface area contributed by atoms with Crippen molar-refractivity contribution in [2.75, 3.05) is 5.32 Å². The largest absolute Gasteiger partial charge is 0.353 e. The molecule has 0 spiro atoms. The van der Waals surface area contributed by atoms with Crippen LogP contribution in [0.25, 0.3) is 22.3 Å². The van der Waals surface area contributed by atoms with Crippen LogP contribution >= 0.6 is 0 Å². The Bertz CT molecular complexity index is 888. The van der Waals surface area contributed by atoms with Gasteiger partial charge in [0, 0.05) is 23.0 Å². The van der Waals surface area contributed by atoms with Gasteiger partial charge in [0.2, 0.25) is 5.91 Å². The molecule has 0 saturated heterocycles. The summed E-state index contributed by atoms with van der Waals surface area (Å²) in [6.45, 7) is 4.10. The minimum Gasteiger partial charge on any atom is -0.353 e. The van der Waals surface area contributed by atoms with E-state index in [0.717, 1.165) is 35.4 Å². The molecule has 2 aromatic heterocycles. The molecular weight excluding hydrogens is 288 g/mol. The van der Waals surface area contributed by atoms with Crippen molar-refractivity contribution in [3.63, 3.8) is 0 Å². The molecule has 3 aromatic rings. The van der Waals surface area contributed by atoms with Crippen LogP contribution in [0.5, 0.6) is 0 Å². The third-order valence-corrected chi connectivity index (χ3v) is 4.40. The van der Waals surface area contributed by atoms with Gasteiger partial charge in [-0.15, -0.1) is 0 Å². The Morgan fingerprint density at radius 1 is 1.30 bits per heavy atom. The van der Waals surface area contributed by atoms with Crippen molar-refractivity contribution in [2.24, 2.45) is 5.92 Å². The number of benzene rings is 1. The molecule has 0 bridgehead atoms. The predicted molar refractivity (Wildman–Crippen MR) is 91.4 cm³/mol. The van der Waals surface area contributed by atoms with Gasteiger partial charge in [-0.2, -0.15) is 5.10 Å². The second kappa shape index (κ2) is 5.26. The van der Waals surface area contributed by atoms with Crippen LogP contribution in [-0.4, -0.2) is 21.1 Å². The number of amides is 1. The summed E-state index contributed by atoms with van der Waals surface area (Å²) < 4.78 is 0. The Balaban J connectivity index is 1.72. The van der Waals surface area contributed by atoms with Crippen LogP contribution in [0.15, 0.2) is 24.4 Å². The Labute approximate surface area is 134 Å². The molecule has 1 aromatic carbocycles. The fraction of sp³-hybridized carbons (Fsp3) is 0.333. The third kappa shape index (κ3) is 2.42. The van der Waals surface area contributed by atoms with Gasteiger partial charge in [-0.1, -0.05) is 13.8 Å². The lowest BCUT2D eigenvalue weighted by Crippen LogP contribution is -2.13. The monoisotopic (exact) mass is 308 g/mol. The molecule has 1 aliphatic carbocycles. The van der Waals surface area contributed by atoms with Gasteiger partial charge in [-0.25, -0.2) is 0 Å². The fourth-order valence-electron chi connectivity index (χ4n) is 3.36. The van der Waals surface area contributed by atoms with E-state index in [1.54, 1.807) is 0 Å². The Kier molecular flexibility index (Phi) is 3.22. The second-order valence-corrected chi connectivity index (χ2v) is 6.66. The zero-order valence-electron chi connectivity index (χ0n) is 13.4. The van der Waals surface area contributed by atoms with E-state index in [2.05, 4.69) is 26.6 Å².